The van der Waals surface area contributed by atoms with E-state index in [1.807, 2.05) is 16.8 Å². The van der Waals surface area contributed by atoms with E-state index < -0.39 is 0 Å². The number of carbonyl (C=O) groups excluding carboxylic acids is 1. The summed E-state index contributed by atoms with van der Waals surface area (Å²) in [5.41, 5.74) is 3.82. The van der Waals surface area contributed by atoms with Crippen molar-refractivity contribution in [2.45, 2.75) is 73.0 Å². The van der Waals surface area contributed by atoms with Gasteiger partial charge in [0.05, 0.1) is 5.54 Å². The summed E-state index contributed by atoms with van der Waals surface area (Å²) in [7, 11) is 0. The number of hydrogen-bond donors (Lipinski definition) is 1. The summed E-state index contributed by atoms with van der Waals surface area (Å²) in [6.45, 7) is 18.4. The highest BCUT2D eigenvalue weighted by Gasteiger charge is 2.23. The molecule has 0 atom stereocenters. The van der Waals surface area contributed by atoms with E-state index in [0.717, 1.165) is 30.9 Å². The van der Waals surface area contributed by atoms with Gasteiger partial charge in [0, 0.05) is 18.8 Å². The molecule has 1 heterocycles. The summed E-state index contributed by atoms with van der Waals surface area (Å²) in [6, 6.07) is 10.2. The maximum atomic E-state index is 12.8. The monoisotopic (exact) mass is 384 g/mol. The van der Waals surface area contributed by atoms with E-state index in [1.54, 1.807) is 0 Å². The lowest BCUT2D eigenvalue weighted by atomic mass is 10.1. The fourth-order valence-electron chi connectivity index (χ4n) is 3.29. The zero-order valence-corrected chi connectivity index (χ0v) is 18.5. The van der Waals surface area contributed by atoms with E-state index in [4.69, 9.17) is 0 Å². The van der Waals surface area contributed by atoms with E-state index in [0.29, 0.717) is 18.2 Å². The summed E-state index contributed by atoms with van der Waals surface area (Å²) in [5.74, 6) is 0.186. The summed E-state index contributed by atoms with van der Waals surface area (Å²) in [5, 5.41) is 7.67. The second-order valence-corrected chi connectivity index (χ2v) is 8.60. The van der Waals surface area contributed by atoms with Crippen LogP contribution < -0.4 is 5.32 Å². The third-order valence-corrected chi connectivity index (χ3v) is 5.04. The molecule has 1 aromatic heterocycles. The van der Waals surface area contributed by atoms with Crippen molar-refractivity contribution in [1.29, 1.82) is 0 Å². The van der Waals surface area contributed by atoms with E-state index in [1.165, 1.54) is 5.56 Å². The zero-order valence-electron chi connectivity index (χ0n) is 18.5. The second-order valence-electron chi connectivity index (χ2n) is 8.60. The Kier molecular flexibility index (Phi) is 7.41. The molecule has 1 aromatic carbocycles. The van der Waals surface area contributed by atoms with Crippen molar-refractivity contribution in [2.75, 3.05) is 13.1 Å². The fraction of sp³-hybridized carbons (Fsp3) is 0.565. The quantitative estimate of drug-likeness (QED) is 0.727. The van der Waals surface area contributed by atoms with Gasteiger partial charge in [0.1, 0.15) is 5.69 Å². The van der Waals surface area contributed by atoms with Crippen LogP contribution in [0.5, 0.6) is 0 Å². The molecule has 0 saturated carbocycles. The first kappa shape index (κ1) is 22.2. The lowest BCUT2D eigenvalue weighted by Crippen LogP contribution is -2.28. The van der Waals surface area contributed by atoms with Gasteiger partial charge in [-0.05, 0) is 57.0 Å². The third-order valence-electron chi connectivity index (χ3n) is 5.04. The lowest BCUT2D eigenvalue weighted by molar-refractivity contribution is 0.0944. The van der Waals surface area contributed by atoms with Crippen LogP contribution in [0.2, 0.25) is 0 Å². The van der Waals surface area contributed by atoms with Gasteiger partial charge in [-0.3, -0.25) is 14.4 Å². The van der Waals surface area contributed by atoms with E-state index in [2.05, 4.69) is 82.0 Å². The Morgan fingerprint density at radius 1 is 1.14 bits per heavy atom. The summed E-state index contributed by atoms with van der Waals surface area (Å²) in [6.07, 6.45) is 0. The predicted octanol–water partition coefficient (Wildman–Crippen LogP) is 4.53. The van der Waals surface area contributed by atoms with Gasteiger partial charge < -0.3 is 5.32 Å². The Balaban J connectivity index is 2.15. The summed E-state index contributed by atoms with van der Waals surface area (Å²) in [4.78, 5) is 15.2. The van der Waals surface area contributed by atoms with Crippen molar-refractivity contribution in [3.63, 3.8) is 0 Å². The first-order valence-corrected chi connectivity index (χ1v) is 10.3. The maximum Gasteiger partial charge on any atom is 0.272 e. The van der Waals surface area contributed by atoms with Crippen LogP contribution in [0.3, 0.4) is 0 Å². The minimum atomic E-state index is -0.158. The molecule has 28 heavy (non-hydrogen) atoms. The molecule has 1 N–H and O–H groups in total. The number of hydrogen-bond acceptors (Lipinski definition) is 3. The van der Waals surface area contributed by atoms with Gasteiger partial charge in [-0.1, -0.05) is 52.0 Å². The molecule has 0 unspecified atom stereocenters. The lowest BCUT2D eigenvalue weighted by Gasteiger charge is -2.23. The molecule has 154 valence electrons. The molecule has 2 rings (SSSR count). The maximum absolute atomic E-state index is 12.8. The summed E-state index contributed by atoms with van der Waals surface area (Å²) < 4.78 is 1.97. The van der Waals surface area contributed by atoms with E-state index in [9.17, 15) is 4.79 Å². The van der Waals surface area contributed by atoms with Crippen molar-refractivity contribution in [1.82, 2.24) is 20.0 Å². The Morgan fingerprint density at radius 2 is 1.75 bits per heavy atom. The number of carbonyl (C=O) groups is 1. The smallest absolute Gasteiger partial charge is 0.272 e. The number of aromatic nitrogens is 2. The van der Waals surface area contributed by atoms with E-state index >= 15 is 0 Å². The van der Waals surface area contributed by atoms with Crippen molar-refractivity contribution >= 4 is 5.91 Å². The minimum absolute atomic E-state index is 0.123. The molecular weight excluding hydrogens is 348 g/mol. The third kappa shape index (κ3) is 5.44. The zero-order chi connectivity index (χ0) is 20.9. The minimum Gasteiger partial charge on any atom is -0.347 e. The molecule has 2 aromatic rings. The molecule has 0 radical (unpaired) electrons. The second kappa shape index (κ2) is 9.37. The van der Waals surface area contributed by atoms with E-state index in [-0.39, 0.29) is 11.4 Å². The molecule has 0 aliphatic heterocycles. The Morgan fingerprint density at radius 3 is 2.25 bits per heavy atom. The van der Waals surface area contributed by atoms with Gasteiger partial charge in [0.15, 0.2) is 0 Å². The van der Waals surface area contributed by atoms with Crippen molar-refractivity contribution in [3.05, 3.63) is 52.8 Å². The van der Waals surface area contributed by atoms with Crippen molar-refractivity contribution < 1.29 is 4.79 Å². The molecular formula is C23H36N4O. The molecule has 0 saturated heterocycles. The van der Waals surface area contributed by atoms with Crippen LogP contribution in [0.1, 0.15) is 81.7 Å². The molecule has 5 heteroatoms. The van der Waals surface area contributed by atoms with Crippen LogP contribution in [0.25, 0.3) is 0 Å². The highest BCUT2D eigenvalue weighted by Crippen LogP contribution is 2.23. The van der Waals surface area contributed by atoms with Gasteiger partial charge in [-0.15, -0.1) is 0 Å². The number of amides is 1. The van der Waals surface area contributed by atoms with Crippen molar-refractivity contribution in [2.24, 2.45) is 0 Å². The normalized spacial score (nSPS) is 12.0. The van der Waals surface area contributed by atoms with Crippen LogP contribution in [0.4, 0.5) is 0 Å². The molecule has 1 amide bonds. The van der Waals surface area contributed by atoms with Gasteiger partial charge in [-0.2, -0.15) is 5.10 Å². The van der Waals surface area contributed by atoms with Crippen LogP contribution >= 0.6 is 0 Å². The van der Waals surface area contributed by atoms with Crippen LogP contribution in [0, 0.1) is 0 Å². The Labute approximate surface area is 170 Å². The highest BCUT2D eigenvalue weighted by molar-refractivity contribution is 5.92. The van der Waals surface area contributed by atoms with Gasteiger partial charge in [0.25, 0.3) is 5.91 Å². The van der Waals surface area contributed by atoms with Gasteiger partial charge >= 0.3 is 0 Å². The Hall–Kier alpha value is -2.14. The highest BCUT2D eigenvalue weighted by atomic mass is 16.1. The molecule has 0 aliphatic rings. The van der Waals surface area contributed by atoms with Crippen LogP contribution in [-0.4, -0.2) is 33.7 Å². The molecule has 0 aliphatic carbocycles. The average Bonchev–Trinajstić information content (AvgIpc) is 3.11. The molecule has 0 spiro atoms. The summed E-state index contributed by atoms with van der Waals surface area (Å²) >= 11 is 0. The number of nitrogens with zero attached hydrogens (tertiary/aromatic N) is 3. The predicted molar refractivity (Wildman–Crippen MR) is 116 cm³/mol. The van der Waals surface area contributed by atoms with Crippen LogP contribution in [0.15, 0.2) is 30.3 Å². The van der Waals surface area contributed by atoms with Gasteiger partial charge in [-0.25, -0.2) is 0 Å². The first-order valence-electron chi connectivity index (χ1n) is 10.3. The number of benzene rings is 1. The van der Waals surface area contributed by atoms with Crippen LogP contribution in [-0.2, 0) is 18.6 Å². The fourth-order valence-corrected chi connectivity index (χ4v) is 3.29. The molecule has 0 bridgehead atoms. The van der Waals surface area contributed by atoms with Gasteiger partial charge in [0.2, 0.25) is 0 Å². The topological polar surface area (TPSA) is 50.2 Å². The van der Waals surface area contributed by atoms with Crippen molar-refractivity contribution in [3.8, 4) is 0 Å². The number of rotatable bonds is 8. The standard InChI is InChI=1S/C23H36N4O/c1-8-26(9-2)16-19-13-11-10-12-18(19)15-24-22(28)20-14-21(17(3)4)27(25-20)23(5,6)7/h10-14,17H,8-9,15-16H2,1-7H3,(H,24,28). The first-order chi connectivity index (χ1) is 13.2. The largest absolute Gasteiger partial charge is 0.347 e. The SMILES string of the molecule is CCN(CC)Cc1ccccc1CNC(=O)c1cc(C(C)C)n(C(C)(C)C)n1. The molecule has 5 nitrogen and oxygen atoms in total. The molecule has 0 fully saturated rings. The number of nitrogens with one attached hydrogen (secondary N) is 1. The Bertz CT molecular complexity index is 782. The average molecular weight is 385 g/mol.